The van der Waals surface area contributed by atoms with Crippen LogP contribution in [0.2, 0.25) is 0 Å². The Morgan fingerprint density at radius 2 is 2.16 bits per heavy atom. The van der Waals surface area contributed by atoms with Gasteiger partial charge in [-0.3, -0.25) is 4.79 Å². The Hall–Kier alpha value is -1.10. The highest BCUT2D eigenvalue weighted by atomic mass is 79.9. The van der Waals surface area contributed by atoms with E-state index in [4.69, 9.17) is 0 Å². The van der Waals surface area contributed by atoms with Gasteiger partial charge in [-0.15, -0.1) is 0 Å². The molecule has 2 N–H and O–H groups in total. The Bertz CT molecular complexity index is 451. The first-order valence-electron chi connectivity index (χ1n) is 6.43. The maximum atomic E-state index is 13.4. The maximum Gasteiger partial charge on any atom is 0.239 e. The van der Waals surface area contributed by atoms with Gasteiger partial charge in [-0.25, -0.2) is 4.39 Å². The molecule has 1 unspecified atom stereocenters. The van der Waals surface area contributed by atoms with Crippen LogP contribution >= 0.6 is 15.9 Å². The molecule has 0 aliphatic carbocycles. The van der Waals surface area contributed by atoms with Crippen molar-refractivity contribution in [2.45, 2.75) is 39.7 Å². The summed E-state index contributed by atoms with van der Waals surface area (Å²) in [6.07, 6.45) is 1.99. The van der Waals surface area contributed by atoms with Crippen molar-refractivity contribution in [2.24, 2.45) is 0 Å². The van der Waals surface area contributed by atoms with E-state index in [0.29, 0.717) is 10.2 Å². The predicted octanol–water partition coefficient (Wildman–Crippen LogP) is 3.61. The van der Waals surface area contributed by atoms with Crippen LogP contribution in [0.1, 0.15) is 32.3 Å². The van der Waals surface area contributed by atoms with Crippen LogP contribution in [0.25, 0.3) is 0 Å². The van der Waals surface area contributed by atoms with Crippen molar-refractivity contribution in [2.75, 3.05) is 11.9 Å². The maximum absolute atomic E-state index is 13.4. The zero-order valence-corrected chi connectivity index (χ0v) is 13.1. The van der Waals surface area contributed by atoms with E-state index < -0.39 is 0 Å². The lowest BCUT2D eigenvalue weighted by atomic mass is 10.2. The van der Waals surface area contributed by atoms with Crippen molar-refractivity contribution in [3.8, 4) is 0 Å². The molecule has 1 atom stereocenters. The second-order valence-electron chi connectivity index (χ2n) is 4.69. The molecule has 0 fully saturated rings. The number of amides is 1. The van der Waals surface area contributed by atoms with Gasteiger partial charge in [0.05, 0.1) is 11.0 Å². The van der Waals surface area contributed by atoms with Gasteiger partial charge in [0.15, 0.2) is 0 Å². The zero-order valence-electron chi connectivity index (χ0n) is 11.5. The van der Waals surface area contributed by atoms with E-state index in [1.165, 1.54) is 6.07 Å². The second kappa shape index (κ2) is 7.48. The smallest absolute Gasteiger partial charge is 0.239 e. The fraction of sp³-hybridized carbons (Fsp3) is 0.500. The molecule has 1 aromatic rings. The normalized spacial score (nSPS) is 12.1. The average molecular weight is 331 g/mol. The van der Waals surface area contributed by atoms with Gasteiger partial charge < -0.3 is 10.6 Å². The van der Waals surface area contributed by atoms with Gasteiger partial charge in [0.2, 0.25) is 5.91 Å². The monoisotopic (exact) mass is 330 g/mol. The molecule has 1 rings (SSSR count). The quantitative estimate of drug-likeness (QED) is 0.836. The first-order valence-corrected chi connectivity index (χ1v) is 7.22. The van der Waals surface area contributed by atoms with Crippen LogP contribution < -0.4 is 10.6 Å². The molecule has 0 saturated carbocycles. The van der Waals surface area contributed by atoms with Crippen molar-refractivity contribution >= 4 is 27.5 Å². The lowest BCUT2D eigenvalue weighted by Gasteiger charge is -2.14. The first-order chi connectivity index (χ1) is 8.93. The van der Waals surface area contributed by atoms with Crippen LogP contribution in [0.5, 0.6) is 0 Å². The Kier molecular flexibility index (Phi) is 6.28. The average Bonchev–Trinajstić information content (AvgIpc) is 2.32. The molecule has 0 aromatic heterocycles. The fourth-order valence-corrected chi connectivity index (χ4v) is 2.30. The molecule has 0 spiro atoms. The van der Waals surface area contributed by atoms with Crippen LogP contribution in [0.3, 0.4) is 0 Å². The van der Waals surface area contributed by atoms with E-state index >= 15 is 0 Å². The van der Waals surface area contributed by atoms with Gasteiger partial charge in [0.1, 0.15) is 5.82 Å². The molecule has 0 aliphatic rings. The van der Waals surface area contributed by atoms with Gasteiger partial charge in [-0.2, -0.15) is 0 Å². The van der Waals surface area contributed by atoms with E-state index in [0.717, 1.165) is 18.4 Å². The minimum atomic E-state index is -0.340. The van der Waals surface area contributed by atoms with Crippen molar-refractivity contribution in [3.05, 3.63) is 28.0 Å². The largest absolute Gasteiger partial charge is 0.376 e. The van der Waals surface area contributed by atoms with E-state index in [1.54, 1.807) is 6.07 Å². The third kappa shape index (κ3) is 5.19. The number of aryl methyl sites for hydroxylation is 1. The zero-order chi connectivity index (χ0) is 14.4. The molecule has 3 nitrogen and oxygen atoms in total. The van der Waals surface area contributed by atoms with E-state index in [2.05, 4.69) is 33.5 Å². The lowest BCUT2D eigenvalue weighted by Crippen LogP contribution is -2.36. The van der Waals surface area contributed by atoms with E-state index in [-0.39, 0.29) is 24.3 Å². The predicted molar refractivity (Wildman–Crippen MR) is 79.8 cm³/mol. The van der Waals surface area contributed by atoms with Crippen molar-refractivity contribution in [1.82, 2.24) is 5.32 Å². The van der Waals surface area contributed by atoms with E-state index in [1.807, 2.05) is 13.8 Å². The Labute approximate surface area is 122 Å². The summed E-state index contributed by atoms with van der Waals surface area (Å²) in [5.74, 6) is -0.420. The summed E-state index contributed by atoms with van der Waals surface area (Å²) >= 11 is 3.13. The van der Waals surface area contributed by atoms with Gasteiger partial charge in [0, 0.05) is 11.7 Å². The number of benzene rings is 1. The Balaban J connectivity index is 2.53. The Morgan fingerprint density at radius 3 is 2.79 bits per heavy atom. The molecule has 0 bridgehead atoms. The number of carbonyl (C=O) groups is 1. The fourth-order valence-electron chi connectivity index (χ4n) is 1.84. The second-order valence-corrected chi connectivity index (χ2v) is 5.55. The SMILES string of the molecule is CCCC(C)NC(=O)CNc1cc(F)c(Br)cc1C. The summed E-state index contributed by atoms with van der Waals surface area (Å²) in [7, 11) is 0. The third-order valence-corrected chi connectivity index (χ3v) is 3.44. The molecular formula is C14H20BrFN2O. The van der Waals surface area contributed by atoms with Gasteiger partial charge in [-0.1, -0.05) is 13.3 Å². The molecular weight excluding hydrogens is 311 g/mol. The molecule has 0 heterocycles. The van der Waals surface area contributed by atoms with Crippen LogP contribution in [0.4, 0.5) is 10.1 Å². The van der Waals surface area contributed by atoms with Gasteiger partial charge in [-0.05, 0) is 53.9 Å². The van der Waals surface area contributed by atoms with Crippen molar-refractivity contribution in [3.63, 3.8) is 0 Å². The van der Waals surface area contributed by atoms with Crippen molar-refractivity contribution in [1.29, 1.82) is 0 Å². The highest BCUT2D eigenvalue weighted by Crippen LogP contribution is 2.23. The third-order valence-electron chi connectivity index (χ3n) is 2.84. The molecule has 1 aromatic carbocycles. The molecule has 106 valence electrons. The number of halogens is 2. The molecule has 19 heavy (non-hydrogen) atoms. The molecule has 0 saturated heterocycles. The minimum Gasteiger partial charge on any atom is -0.376 e. The van der Waals surface area contributed by atoms with Crippen LogP contribution in [-0.2, 0) is 4.79 Å². The molecule has 5 heteroatoms. The van der Waals surface area contributed by atoms with Crippen LogP contribution in [0, 0.1) is 12.7 Å². The first kappa shape index (κ1) is 16.0. The number of hydrogen-bond acceptors (Lipinski definition) is 2. The molecule has 0 aliphatic heterocycles. The summed E-state index contributed by atoms with van der Waals surface area (Å²) in [5, 5.41) is 5.85. The van der Waals surface area contributed by atoms with Crippen LogP contribution in [-0.4, -0.2) is 18.5 Å². The van der Waals surface area contributed by atoms with Crippen molar-refractivity contribution < 1.29 is 9.18 Å². The van der Waals surface area contributed by atoms with E-state index in [9.17, 15) is 9.18 Å². The highest BCUT2D eigenvalue weighted by Gasteiger charge is 2.09. The number of rotatable bonds is 6. The standard InChI is InChI=1S/C14H20BrFN2O/c1-4-5-10(3)18-14(19)8-17-13-7-12(16)11(15)6-9(13)2/h6-7,10,17H,4-5,8H2,1-3H3,(H,18,19). The van der Waals surface area contributed by atoms with Crippen LogP contribution in [0.15, 0.2) is 16.6 Å². The summed E-state index contributed by atoms with van der Waals surface area (Å²) in [6.45, 7) is 6.07. The highest BCUT2D eigenvalue weighted by molar-refractivity contribution is 9.10. The number of hydrogen-bond donors (Lipinski definition) is 2. The summed E-state index contributed by atoms with van der Waals surface area (Å²) in [4.78, 5) is 11.7. The topological polar surface area (TPSA) is 41.1 Å². The Morgan fingerprint density at radius 1 is 1.47 bits per heavy atom. The van der Waals surface area contributed by atoms with Gasteiger partial charge >= 0.3 is 0 Å². The molecule has 1 amide bonds. The number of carbonyl (C=O) groups excluding carboxylic acids is 1. The summed E-state index contributed by atoms with van der Waals surface area (Å²) in [5.41, 5.74) is 1.53. The molecule has 0 radical (unpaired) electrons. The minimum absolute atomic E-state index is 0.0799. The summed E-state index contributed by atoms with van der Waals surface area (Å²) < 4.78 is 13.8. The number of nitrogens with one attached hydrogen (secondary N) is 2. The summed E-state index contributed by atoms with van der Waals surface area (Å²) in [6, 6.07) is 3.25. The van der Waals surface area contributed by atoms with Gasteiger partial charge in [0.25, 0.3) is 0 Å². The number of anilines is 1. The lowest BCUT2D eigenvalue weighted by molar-refractivity contribution is -0.120.